The van der Waals surface area contributed by atoms with Crippen molar-refractivity contribution in [2.75, 3.05) is 0 Å². The Kier molecular flexibility index (Phi) is 5.25. The van der Waals surface area contributed by atoms with E-state index < -0.39 is 11.8 Å². The van der Waals surface area contributed by atoms with Crippen molar-refractivity contribution in [2.45, 2.75) is 39.2 Å². The number of halogens is 1. The lowest BCUT2D eigenvalue weighted by Crippen LogP contribution is -2.14. The SMILES string of the molecule is CC(=O)O.N=C(N)c1nn(CC2CCCC2)c2ncc(F)cc12. The zero-order valence-corrected chi connectivity index (χ0v) is 12.9. The van der Waals surface area contributed by atoms with Gasteiger partial charge in [0.05, 0.1) is 11.6 Å². The van der Waals surface area contributed by atoms with Gasteiger partial charge in [-0.2, -0.15) is 5.10 Å². The Hall–Kier alpha value is -2.51. The molecule has 8 heteroatoms. The van der Waals surface area contributed by atoms with Gasteiger partial charge in [-0.3, -0.25) is 10.2 Å². The second-order valence-electron chi connectivity index (χ2n) is 5.64. The molecule has 0 aromatic carbocycles. The monoisotopic (exact) mass is 321 g/mol. The van der Waals surface area contributed by atoms with E-state index in [0.717, 1.165) is 13.5 Å². The van der Waals surface area contributed by atoms with Crippen LogP contribution >= 0.6 is 0 Å². The fraction of sp³-hybridized carbons (Fsp3) is 0.467. The summed E-state index contributed by atoms with van der Waals surface area (Å²) in [5.74, 6) is -0.826. The number of nitrogens with zero attached hydrogens (tertiary/aromatic N) is 3. The maximum atomic E-state index is 13.3. The van der Waals surface area contributed by atoms with Crippen LogP contribution in [0.5, 0.6) is 0 Å². The summed E-state index contributed by atoms with van der Waals surface area (Å²) in [5.41, 5.74) is 6.44. The Morgan fingerprint density at radius 2 is 2.13 bits per heavy atom. The van der Waals surface area contributed by atoms with Crippen molar-refractivity contribution in [1.29, 1.82) is 5.41 Å². The number of fused-ring (bicyclic) bond motifs is 1. The lowest BCUT2D eigenvalue weighted by molar-refractivity contribution is -0.134. The van der Waals surface area contributed by atoms with E-state index in [1.54, 1.807) is 4.68 Å². The number of aromatic nitrogens is 3. The molecule has 2 aromatic heterocycles. The molecule has 0 saturated heterocycles. The molecule has 0 atom stereocenters. The summed E-state index contributed by atoms with van der Waals surface area (Å²) in [7, 11) is 0. The van der Waals surface area contributed by atoms with Crippen molar-refractivity contribution in [1.82, 2.24) is 14.8 Å². The molecule has 124 valence electrons. The Morgan fingerprint density at radius 3 is 2.70 bits per heavy atom. The smallest absolute Gasteiger partial charge is 0.300 e. The molecule has 0 amide bonds. The molecule has 0 bridgehead atoms. The van der Waals surface area contributed by atoms with Crippen molar-refractivity contribution < 1.29 is 14.3 Å². The number of rotatable bonds is 3. The third kappa shape index (κ3) is 4.24. The van der Waals surface area contributed by atoms with Crippen LogP contribution in [0.15, 0.2) is 12.3 Å². The largest absolute Gasteiger partial charge is 0.481 e. The highest BCUT2D eigenvalue weighted by atomic mass is 19.1. The van der Waals surface area contributed by atoms with Gasteiger partial charge in [-0.25, -0.2) is 14.1 Å². The first-order valence-electron chi connectivity index (χ1n) is 7.44. The van der Waals surface area contributed by atoms with E-state index >= 15 is 0 Å². The Morgan fingerprint density at radius 1 is 1.52 bits per heavy atom. The average molecular weight is 321 g/mol. The van der Waals surface area contributed by atoms with Gasteiger partial charge in [0.1, 0.15) is 17.3 Å². The molecule has 23 heavy (non-hydrogen) atoms. The molecular formula is C15H20FN5O2. The summed E-state index contributed by atoms with van der Waals surface area (Å²) in [4.78, 5) is 13.1. The molecule has 1 aliphatic rings. The standard InChI is InChI=1S/C13H16FN5.C2H4O2/c14-9-5-10-11(12(15)16)18-19(13(10)17-6-9)7-8-3-1-2-4-8;1-2(3)4/h5-6,8H,1-4,7H2,(H3,15,16);1H3,(H,3,4). The maximum Gasteiger partial charge on any atom is 0.300 e. The van der Waals surface area contributed by atoms with E-state index in [4.69, 9.17) is 21.0 Å². The van der Waals surface area contributed by atoms with E-state index in [9.17, 15) is 4.39 Å². The predicted octanol–water partition coefficient (Wildman–Crippen LogP) is 2.14. The van der Waals surface area contributed by atoms with Crippen LogP contribution in [0, 0.1) is 17.1 Å². The Balaban J connectivity index is 0.000000433. The molecule has 2 aromatic rings. The zero-order valence-electron chi connectivity index (χ0n) is 12.9. The first kappa shape index (κ1) is 16.9. The fourth-order valence-corrected chi connectivity index (χ4v) is 2.80. The zero-order chi connectivity index (χ0) is 17.0. The Labute approximate surface area is 132 Å². The lowest BCUT2D eigenvalue weighted by atomic mass is 10.1. The van der Waals surface area contributed by atoms with Gasteiger partial charge in [0, 0.05) is 13.5 Å². The van der Waals surface area contributed by atoms with E-state index in [0.29, 0.717) is 22.6 Å². The van der Waals surface area contributed by atoms with Crippen molar-refractivity contribution in [3.8, 4) is 0 Å². The molecule has 0 aliphatic heterocycles. The van der Waals surface area contributed by atoms with Gasteiger partial charge in [0.25, 0.3) is 5.97 Å². The molecule has 7 nitrogen and oxygen atoms in total. The third-order valence-corrected chi connectivity index (χ3v) is 3.71. The number of carbonyl (C=O) groups is 1. The van der Waals surface area contributed by atoms with Crippen LogP contribution in [0.1, 0.15) is 38.3 Å². The van der Waals surface area contributed by atoms with Crippen LogP contribution in [0.3, 0.4) is 0 Å². The van der Waals surface area contributed by atoms with Crippen LogP contribution in [-0.4, -0.2) is 31.7 Å². The molecule has 3 rings (SSSR count). The molecule has 0 radical (unpaired) electrons. The quantitative estimate of drug-likeness (QED) is 0.591. The number of nitrogens with one attached hydrogen (secondary N) is 1. The number of hydrogen-bond donors (Lipinski definition) is 3. The normalized spacial score (nSPS) is 14.5. The number of carboxylic acid groups (broad SMARTS) is 1. The third-order valence-electron chi connectivity index (χ3n) is 3.71. The summed E-state index contributed by atoms with van der Waals surface area (Å²) in [5, 5.41) is 19.8. The second kappa shape index (κ2) is 7.17. The molecule has 1 aliphatic carbocycles. The molecule has 1 saturated carbocycles. The highest BCUT2D eigenvalue weighted by Crippen LogP contribution is 2.27. The summed E-state index contributed by atoms with van der Waals surface area (Å²) in [6.07, 6.45) is 6.08. The number of amidine groups is 1. The molecule has 1 fully saturated rings. The Bertz CT molecular complexity index is 718. The number of nitrogen functional groups attached to an aromatic ring is 1. The summed E-state index contributed by atoms with van der Waals surface area (Å²) >= 11 is 0. The van der Waals surface area contributed by atoms with Crippen molar-refractivity contribution >= 4 is 22.8 Å². The van der Waals surface area contributed by atoms with Crippen LogP contribution in [0.25, 0.3) is 11.0 Å². The average Bonchev–Trinajstić information content (AvgIpc) is 3.06. The molecule has 4 N–H and O–H groups in total. The lowest BCUT2D eigenvalue weighted by Gasteiger charge is -2.09. The first-order chi connectivity index (χ1) is 10.9. The van der Waals surface area contributed by atoms with Crippen LogP contribution < -0.4 is 5.73 Å². The van der Waals surface area contributed by atoms with Crippen molar-refractivity contribution in [2.24, 2.45) is 11.7 Å². The summed E-state index contributed by atoms with van der Waals surface area (Å²) in [6.45, 7) is 1.85. The van der Waals surface area contributed by atoms with Gasteiger partial charge in [-0.15, -0.1) is 0 Å². The topological polar surface area (TPSA) is 118 Å². The van der Waals surface area contributed by atoms with Gasteiger partial charge in [-0.05, 0) is 24.8 Å². The minimum Gasteiger partial charge on any atom is -0.481 e. The van der Waals surface area contributed by atoms with Gasteiger partial charge in [0.15, 0.2) is 5.65 Å². The summed E-state index contributed by atoms with van der Waals surface area (Å²) in [6, 6.07) is 1.34. The molecule has 2 heterocycles. The van der Waals surface area contributed by atoms with Gasteiger partial charge >= 0.3 is 0 Å². The summed E-state index contributed by atoms with van der Waals surface area (Å²) < 4.78 is 15.0. The van der Waals surface area contributed by atoms with E-state index in [2.05, 4.69) is 10.1 Å². The van der Waals surface area contributed by atoms with E-state index in [1.807, 2.05) is 0 Å². The number of carboxylic acids is 1. The second-order valence-corrected chi connectivity index (χ2v) is 5.64. The molecule has 0 unspecified atom stereocenters. The number of aliphatic carboxylic acids is 1. The highest BCUT2D eigenvalue weighted by molar-refractivity contribution is 6.04. The number of hydrogen-bond acceptors (Lipinski definition) is 4. The number of nitrogens with two attached hydrogens (primary N) is 1. The first-order valence-corrected chi connectivity index (χ1v) is 7.44. The van der Waals surface area contributed by atoms with Crippen molar-refractivity contribution in [3.05, 3.63) is 23.8 Å². The predicted molar refractivity (Wildman–Crippen MR) is 83.8 cm³/mol. The van der Waals surface area contributed by atoms with Crippen LogP contribution in [0.4, 0.5) is 4.39 Å². The van der Waals surface area contributed by atoms with Crippen LogP contribution in [0.2, 0.25) is 0 Å². The highest BCUT2D eigenvalue weighted by Gasteiger charge is 2.20. The minimum atomic E-state index is -0.833. The van der Waals surface area contributed by atoms with Gasteiger partial charge < -0.3 is 10.8 Å². The maximum absolute atomic E-state index is 13.3. The van der Waals surface area contributed by atoms with Crippen molar-refractivity contribution in [3.63, 3.8) is 0 Å². The van der Waals surface area contributed by atoms with E-state index in [1.165, 1.54) is 37.9 Å². The van der Waals surface area contributed by atoms with Crippen LogP contribution in [-0.2, 0) is 11.3 Å². The number of pyridine rings is 1. The molecular weight excluding hydrogens is 301 g/mol. The minimum absolute atomic E-state index is 0.150. The van der Waals surface area contributed by atoms with Gasteiger partial charge in [0.2, 0.25) is 0 Å². The van der Waals surface area contributed by atoms with Gasteiger partial charge in [-0.1, -0.05) is 12.8 Å². The molecule has 0 spiro atoms. The fourth-order valence-electron chi connectivity index (χ4n) is 2.80. The van der Waals surface area contributed by atoms with E-state index in [-0.39, 0.29) is 5.84 Å².